The molecule has 3 heterocycles. The standard InChI is InChI=1S/C14H11ClN4O3S2/c15-12-13(19-5-6-23-14(19)16-12)24(21,22)17-11-2-1-10-8-18(20)4-3-9(10)7-11/h1-2,5-8,17H,3-4H2. The Labute approximate surface area is 146 Å². The predicted octanol–water partition coefficient (Wildman–Crippen LogP) is 2.34. The summed E-state index contributed by atoms with van der Waals surface area (Å²) in [5.41, 5.74) is 2.13. The fourth-order valence-corrected chi connectivity index (χ4v) is 5.15. The quantitative estimate of drug-likeness (QED) is 0.556. The van der Waals surface area contributed by atoms with Gasteiger partial charge in [-0.25, -0.2) is 9.72 Å². The number of aromatic nitrogens is 2. The molecule has 1 aliphatic rings. The van der Waals surface area contributed by atoms with Crippen molar-refractivity contribution in [2.45, 2.75) is 11.4 Å². The molecule has 0 aliphatic carbocycles. The number of anilines is 1. The Morgan fingerprint density at radius 1 is 1.42 bits per heavy atom. The van der Waals surface area contributed by atoms with Crippen LogP contribution in [0.4, 0.5) is 5.69 Å². The lowest BCUT2D eigenvalue weighted by molar-refractivity contribution is -0.453. The number of nitrogens with one attached hydrogen (secondary N) is 1. The van der Waals surface area contributed by atoms with Crippen molar-refractivity contribution in [1.82, 2.24) is 9.38 Å². The van der Waals surface area contributed by atoms with Crippen molar-refractivity contribution in [1.29, 1.82) is 0 Å². The Kier molecular flexibility index (Phi) is 3.52. The van der Waals surface area contributed by atoms with Gasteiger partial charge in [0.15, 0.2) is 27.9 Å². The Balaban J connectivity index is 1.72. The third-order valence-corrected chi connectivity index (χ3v) is 6.25. The van der Waals surface area contributed by atoms with Crippen molar-refractivity contribution in [3.8, 4) is 0 Å². The molecule has 3 aromatic rings. The minimum absolute atomic E-state index is 0.0670. The van der Waals surface area contributed by atoms with E-state index < -0.39 is 10.0 Å². The van der Waals surface area contributed by atoms with E-state index in [1.165, 1.54) is 22.0 Å². The van der Waals surface area contributed by atoms with Crippen LogP contribution in [-0.4, -0.2) is 35.3 Å². The van der Waals surface area contributed by atoms with E-state index in [-0.39, 0.29) is 10.2 Å². The van der Waals surface area contributed by atoms with Gasteiger partial charge in [0, 0.05) is 29.2 Å². The third kappa shape index (κ3) is 2.54. The highest BCUT2D eigenvalue weighted by atomic mass is 35.5. The van der Waals surface area contributed by atoms with Crippen LogP contribution in [0.1, 0.15) is 11.1 Å². The fourth-order valence-electron chi connectivity index (χ4n) is 2.64. The monoisotopic (exact) mass is 382 g/mol. The Morgan fingerprint density at radius 3 is 3.08 bits per heavy atom. The van der Waals surface area contributed by atoms with Crippen LogP contribution in [0.2, 0.25) is 5.15 Å². The van der Waals surface area contributed by atoms with E-state index >= 15 is 0 Å². The highest BCUT2D eigenvalue weighted by Gasteiger charge is 2.25. The summed E-state index contributed by atoms with van der Waals surface area (Å²) in [4.78, 5) is 4.55. The molecular formula is C14H11ClN4O3S2. The number of hydroxylamine groups is 1. The van der Waals surface area contributed by atoms with E-state index in [1.54, 1.807) is 29.8 Å². The fraction of sp³-hybridized carbons (Fsp3) is 0.143. The van der Waals surface area contributed by atoms with E-state index in [9.17, 15) is 13.6 Å². The van der Waals surface area contributed by atoms with Crippen molar-refractivity contribution < 1.29 is 13.2 Å². The van der Waals surface area contributed by atoms with Gasteiger partial charge in [0.2, 0.25) is 0 Å². The van der Waals surface area contributed by atoms with Gasteiger partial charge < -0.3 is 5.21 Å². The summed E-state index contributed by atoms with van der Waals surface area (Å²) in [6.07, 6.45) is 3.67. The van der Waals surface area contributed by atoms with E-state index in [1.807, 2.05) is 0 Å². The van der Waals surface area contributed by atoms with E-state index in [4.69, 9.17) is 11.6 Å². The molecule has 0 saturated heterocycles. The normalized spacial score (nSPS) is 14.5. The number of benzene rings is 1. The van der Waals surface area contributed by atoms with Gasteiger partial charge in [-0.05, 0) is 23.8 Å². The molecule has 24 heavy (non-hydrogen) atoms. The largest absolute Gasteiger partial charge is 0.624 e. The molecule has 124 valence electrons. The number of nitrogens with zero attached hydrogens (tertiary/aromatic N) is 3. The van der Waals surface area contributed by atoms with E-state index in [0.717, 1.165) is 15.9 Å². The first-order chi connectivity index (χ1) is 11.4. The zero-order valence-corrected chi connectivity index (χ0v) is 14.5. The van der Waals surface area contributed by atoms with Crippen molar-refractivity contribution in [3.63, 3.8) is 0 Å². The van der Waals surface area contributed by atoms with Crippen LogP contribution < -0.4 is 4.72 Å². The first kappa shape index (κ1) is 15.4. The van der Waals surface area contributed by atoms with Gasteiger partial charge in [-0.1, -0.05) is 11.6 Å². The first-order valence-electron chi connectivity index (χ1n) is 6.99. The number of hydrogen-bond donors (Lipinski definition) is 1. The van der Waals surface area contributed by atoms with E-state index in [2.05, 4.69) is 9.71 Å². The molecule has 1 aliphatic heterocycles. The second-order valence-electron chi connectivity index (χ2n) is 5.30. The lowest BCUT2D eigenvalue weighted by Crippen LogP contribution is -2.19. The zero-order valence-electron chi connectivity index (χ0n) is 12.1. The molecule has 1 N–H and O–H groups in total. The zero-order chi connectivity index (χ0) is 16.9. The molecule has 1 aromatic carbocycles. The summed E-state index contributed by atoms with van der Waals surface area (Å²) in [6, 6.07) is 5.07. The number of sulfonamides is 1. The molecule has 0 spiro atoms. The lowest BCUT2D eigenvalue weighted by Gasteiger charge is -2.15. The number of imidazole rings is 1. The van der Waals surface area contributed by atoms with Crippen LogP contribution in [0, 0.1) is 5.21 Å². The average Bonchev–Trinajstić information content (AvgIpc) is 3.06. The Hall–Kier alpha value is -2.10. The molecule has 0 amide bonds. The van der Waals surface area contributed by atoms with Crippen LogP contribution in [-0.2, 0) is 16.4 Å². The van der Waals surface area contributed by atoms with Gasteiger partial charge in [0.25, 0.3) is 10.0 Å². The number of thiazole rings is 1. The molecule has 4 rings (SSSR count). The summed E-state index contributed by atoms with van der Waals surface area (Å²) in [5.74, 6) is 0. The number of hydrogen-bond acceptors (Lipinski definition) is 5. The number of rotatable bonds is 3. The Morgan fingerprint density at radius 2 is 2.25 bits per heavy atom. The molecule has 10 heteroatoms. The van der Waals surface area contributed by atoms with Gasteiger partial charge in [0.05, 0.1) is 0 Å². The van der Waals surface area contributed by atoms with Crippen LogP contribution in [0.3, 0.4) is 0 Å². The lowest BCUT2D eigenvalue weighted by atomic mass is 10.0. The summed E-state index contributed by atoms with van der Waals surface area (Å²) in [6.45, 7) is 0.354. The molecule has 0 unspecified atom stereocenters. The number of fused-ring (bicyclic) bond motifs is 2. The molecule has 0 saturated carbocycles. The van der Waals surface area contributed by atoms with Crippen LogP contribution in [0.5, 0.6) is 0 Å². The van der Waals surface area contributed by atoms with Crippen LogP contribution in [0.15, 0.2) is 34.8 Å². The van der Waals surface area contributed by atoms with Gasteiger partial charge in [0.1, 0.15) is 0 Å². The van der Waals surface area contributed by atoms with Crippen LogP contribution >= 0.6 is 22.9 Å². The minimum Gasteiger partial charge on any atom is -0.624 e. The van der Waals surface area contributed by atoms with Crippen molar-refractivity contribution >= 4 is 49.8 Å². The van der Waals surface area contributed by atoms with Crippen molar-refractivity contribution in [3.05, 3.63) is 51.3 Å². The highest BCUT2D eigenvalue weighted by molar-refractivity contribution is 7.92. The number of halogens is 1. The molecule has 7 nitrogen and oxygen atoms in total. The molecule has 2 aromatic heterocycles. The maximum Gasteiger partial charge on any atom is 0.281 e. The van der Waals surface area contributed by atoms with Gasteiger partial charge >= 0.3 is 0 Å². The van der Waals surface area contributed by atoms with Gasteiger partial charge in [-0.2, -0.15) is 8.42 Å². The van der Waals surface area contributed by atoms with Gasteiger partial charge in [-0.3, -0.25) is 9.12 Å². The van der Waals surface area contributed by atoms with Crippen molar-refractivity contribution in [2.24, 2.45) is 0 Å². The molecule has 0 bridgehead atoms. The Bertz CT molecular complexity index is 1080. The van der Waals surface area contributed by atoms with Crippen molar-refractivity contribution in [2.75, 3.05) is 11.3 Å². The second-order valence-corrected chi connectivity index (χ2v) is 8.13. The topological polar surface area (TPSA) is 89.5 Å². The summed E-state index contributed by atoms with van der Waals surface area (Å²) in [5, 5.41) is 12.9. The molecule has 0 fully saturated rings. The maximum absolute atomic E-state index is 12.7. The molecular weight excluding hydrogens is 372 g/mol. The first-order valence-corrected chi connectivity index (χ1v) is 9.73. The van der Waals surface area contributed by atoms with E-state index in [0.29, 0.717) is 23.6 Å². The third-order valence-electron chi connectivity index (χ3n) is 3.71. The van der Waals surface area contributed by atoms with Gasteiger partial charge in [-0.15, -0.1) is 11.3 Å². The smallest absolute Gasteiger partial charge is 0.281 e. The average molecular weight is 383 g/mol. The summed E-state index contributed by atoms with van der Waals surface area (Å²) in [7, 11) is -3.89. The SMILES string of the molecule is O=S(=O)(Nc1ccc2c(c1)CC[N+]([O-])=C2)c1c(Cl)nc2sccn12. The molecule has 0 radical (unpaired) electrons. The summed E-state index contributed by atoms with van der Waals surface area (Å²) < 4.78 is 30.2. The highest BCUT2D eigenvalue weighted by Crippen LogP contribution is 2.28. The second kappa shape index (κ2) is 5.47. The van der Waals surface area contributed by atoms with Crippen LogP contribution in [0.25, 0.3) is 4.96 Å². The summed E-state index contributed by atoms with van der Waals surface area (Å²) >= 11 is 7.30. The minimum atomic E-state index is -3.89. The maximum atomic E-state index is 12.7. The molecule has 0 atom stereocenters. The predicted molar refractivity (Wildman–Crippen MR) is 92.7 cm³/mol.